The highest BCUT2D eigenvalue weighted by Gasteiger charge is 2.32. The van der Waals surface area contributed by atoms with E-state index in [0.717, 1.165) is 38.1 Å². The first kappa shape index (κ1) is 20.2. The molecular formula is C14H20ClF3N2O2S. The van der Waals surface area contributed by atoms with Crippen molar-refractivity contribution in [3.8, 4) is 0 Å². The molecule has 0 aliphatic carbocycles. The molecule has 0 atom stereocenters. The number of nitrogens with one attached hydrogen (secondary N) is 2. The third-order valence-corrected chi connectivity index (χ3v) is 5.37. The van der Waals surface area contributed by atoms with Crippen molar-refractivity contribution in [2.45, 2.75) is 30.8 Å². The third-order valence-electron chi connectivity index (χ3n) is 3.97. The van der Waals surface area contributed by atoms with Crippen LogP contribution in [0.2, 0.25) is 0 Å². The Hall–Kier alpha value is -0.830. The molecule has 1 aromatic carbocycles. The fourth-order valence-electron chi connectivity index (χ4n) is 2.40. The summed E-state index contributed by atoms with van der Waals surface area (Å²) in [6.07, 6.45) is -2.93. The topological polar surface area (TPSA) is 58.2 Å². The standard InChI is InChI=1S/C14H19F3N2O2S.ClH/c1-13(5-7-18-8-6-13)10-19-22(20,21)12-4-2-3-11(9-12)14(15,16)17;/h2-4,9,18-19H,5-8,10H2,1H3;1H. The molecule has 1 heterocycles. The Bertz CT molecular complexity index is 629. The van der Waals surface area contributed by atoms with E-state index >= 15 is 0 Å². The van der Waals surface area contributed by atoms with E-state index in [-0.39, 0.29) is 29.3 Å². The van der Waals surface area contributed by atoms with Gasteiger partial charge in [0.1, 0.15) is 0 Å². The molecule has 1 aliphatic rings. The minimum absolute atomic E-state index is 0. The van der Waals surface area contributed by atoms with Crippen LogP contribution in [0.25, 0.3) is 0 Å². The van der Waals surface area contributed by atoms with Crippen molar-refractivity contribution >= 4 is 22.4 Å². The van der Waals surface area contributed by atoms with E-state index in [1.54, 1.807) is 0 Å². The molecule has 9 heteroatoms. The van der Waals surface area contributed by atoms with Crippen molar-refractivity contribution in [1.82, 2.24) is 10.0 Å². The molecular weight excluding hydrogens is 353 g/mol. The Kier molecular flexibility index (Phi) is 6.48. The van der Waals surface area contributed by atoms with Gasteiger partial charge in [-0.3, -0.25) is 0 Å². The van der Waals surface area contributed by atoms with Crippen molar-refractivity contribution < 1.29 is 21.6 Å². The number of piperidine rings is 1. The fourth-order valence-corrected chi connectivity index (χ4v) is 3.64. The van der Waals surface area contributed by atoms with Crippen LogP contribution < -0.4 is 10.0 Å². The molecule has 0 unspecified atom stereocenters. The van der Waals surface area contributed by atoms with E-state index < -0.39 is 21.8 Å². The van der Waals surface area contributed by atoms with Gasteiger partial charge in [-0.15, -0.1) is 12.4 Å². The van der Waals surface area contributed by atoms with E-state index in [1.165, 1.54) is 6.07 Å². The predicted molar refractivity (Wildman–Crippen MR) is 84.1 cm³/mol. The number of alkyl halides is 3. The molecule has 0 spiro atoms. The summed E-state index contributed by atoms with van der Waals surface area (Å²) in [5.74, 6) is 0. The van der Waals surface area contributed by atoms with E-state index in [9.17, 15) is 21.6 Å². The lowest BCUT2D eigenvalue weighted by Crippen LogP contribution is -2.42. The average Bonchev–Trinajstić information content (AvgIpc) is 2.46. The number of sulfonamides is 1. The van der Waals surface area contributed by atoms with Gasteiger partial charge in [-0.25, -0.2) is 13.1 Å². The summed E-state index contributed by atoms with van der Waals surface area (Å²) in [4.78, 5) is -0.361. The molecule has 0 radical (unpaired) electrons. The molecule has 4 nitrogen and oxygen atoms in total. The van der Waals surface area contributed by atoms with Gasteiger partial charge in [0, 0.05) is 6.54 Å². The van der Waals surface area contributed by atoms with Gasteiger partial charge in [0.05, 0.1) is 10.5 Å². The minimum Gasteiger partial charge on any atom is -0.317 e. The number of hydrogen-bond donors (Lipinski definition) is 2. The molecule has 2 rings (SSSR count). The number of hydrogen-bond acceptors (Lipinski definition) is 3. The quantitative estimate of drug-likeness (QED) is 0.854. The monoisotopic (exact) mass is 372 g/mol. The largest absolute Gasteiger partial charge is 0.416 e. The minimum atomic E-state index is -4.56. The molecule has 1 aromatic rings. The van der Waals surface area contributed by atoms with Crippen LogP contribution >= 0.6 is 12.4 Å². The Morgan fingerprint density at radius 1 is 1.26 bits per heavy atom. The van der Waals surface area contributed by atoms with Gasteiger partial charge in [-0.05, 0) is 49.5 Å². The normalized spacial score (nSPS) is 18.3. The average molecular weight is 373 g/mol. The zero-order valence-electron chi connectivity index (χ0n) is 12.6. The third kappa shape index (κ3) is 5.34. The molecule has 2 N–H and O–H groups in total. The van der Waals surface area contributed by atoms with Crippen LogP contribution in [0.1, 0.15) is 25.3 Å². The molecule has 1 fully saturated rings. The van der Waals surface area contributed by atoms with Crippen molar-refractivity contribution in [2.24, 2.45) is 5.41 Å². The van der Waals surface area contributed by atoms with E-state index in [2.05, 4.69) is 10.0 Å². The van der Waals surface area contributed by atoms with Crippen LogP contribution in [0.15, 0.2) is 29.2 Å². The number of rotatable bonds is 4. The summed E-state index contributed by atoms with van der Waals surface area (Å²) in [6.45, 7) is 3.80. The number of benzene rings is 1. The van der Waals surface area contributed by atoms with Gasteiger partial charge in [0.25, 0.3) is 0 Å². The van der Waals surface area contributed by atoms with Crippen LogP contribution in [0.3, 0.4) is 0 Å². The molecule has 1 aliphatic heterocycles. The summed E-state index contributed by atoms with van der Waals surface area (Å²) in [5.41, 5.74) is -1.15. The van der Waals surface area contributed by atoms with Crippen LogP contribution in [0.5, 0.6) is 0 Å². The molecule has 1 saturated heterocycles. The SMILES string of the molecule is CC1(CNS(=O)(=O)c2cccc(C(F)(F)F)c2)CCNCC1.Cl. The van der Waals surface area contributed by atoms with Crippen molar-refractivity contribution in [3.63, 3.8) is 0 Å². The molecule has 0 bridgehead atoms. The lowest BCUT2D eigenvalue weighted by Gasteiger charge is -2.34. The highest BCUT2D eigenvalue weighted by atomic mass is 35.5. The zero-order valence-corrected chi connectivity index (χ0v) is 14.2. The van der Waals surface area contributed by atoms with Gasteiger partial charge < -0.3 is 5.32 Å². The smallest absolute Gasteiger partial charge is 0.317 e. The summed E-state index contributed by atoms with van der Waals surface area (Å²) < 4.78 is 64.9. The highest BCUT2D eigenvalue weighted by Crippen LogP contribution is 2.31. The van der Waals surface area contributed by atoms with Crippen LogP contribution in [0.4, 0.5) is 13.2 Å². The maximum atomic E-state index is 12.7. The summed E-state index contributed by atoms with van der Waals surface area (Å²) in [7, 11) is -3.95. The van der Waals surface area contributed by atoms with Crippen molar-refractivity contribution in [1.29, 1.82) is 0 Å². The van der Waals surface area contributed by atoms with Gasteiger partial charge in [0.15, 0.2) is 0 Å². The highest BCUT2D eigenvalue weighted by molar-refractivity contribution is 7.89. The van der Waals surface area contributed by atoms with Crippen molar-refractivity contribution in [2.75, 3.05) is 19.6 Å². The molecule has 0 aromatic heterocycles. The lowest BCUT2D eigenvalue weighted by molar-refractivity contribution is -0.137. The summed E-state index contributed by atoms with van der Waals surface area (Å²) in [6, 6.07) is 3.78. The molecule has 0 amide bonds. The lowest BCUT2D eigenvalue weighted by atomic mass is 9.81. The molecule has 23 heavy (non-hydrogen) atoms. The zero-order chi connectivity index (χ0) is 16.4. The van der Waals surface area contributed by atoms with Crippen LogP contribution in [-0.2, 0) is 16.2 Å². The Morgan fingerprint density at radius 2 is 1.87 bits per heavy atom. The maximum Gasteiger partial charge on any atom is 0.416 e. The second-order valence-electron chi connectivity index (χ2n) is 5.91. The van der Waals surface area contributed by atoms with Gasteiger partial charge in [-0.1, -0.05) is 13.0 Å². The molecule has 0 saturated carbocycles. The Balaban J connectivity index is 0.00000264. The second kappa shape index (κ2) is 7.38. The Morgan fingerprint density at radius 3 is 2.43 bits per heavy atom. The number of halogens is 4. The fraction of sp³-hybridized carbons (Fsp3) is 0.571. The van der Waals surface area contributed by atoms with Gasteiger partial charge >= 0.3 is 6.18 Å². The first-order valence-electron chi connectivity index (χ1n) is 7.00. The van der Waals surface area contributed by atoms with Crippen LogP contribution in [-0.4, -0.2) is 28.1 Å². The predicted octanol–water partition coefficient (Wildman–Crippen LogP) is 2.80. The van der Waals surface area contributed by atoms with E-state index in [0.29, 0.717) is 6.07 Å². The molecule has 132 valence electrons. The van der Waals surface area contributed by atoms with Crippen LogP contribution in [0, 0.1) is 5.41 Å². The second-order valence-corrected chi connectivity index (χ2v) is 7.68. The first-order chi connectivity index (χ1) is 10.1. The summed E-state index contributed by atoms with van der Waals surface area (Å²) in [5, 5.41) is 3.19. The van der Waals surface area contributed by atoms with Gasteiger partial charge in [-0.2, -0.15) is 13.2 Å². The maximum absolute atomic E-state index is 12.7. The van der Waals surface area contributed by atoms with Gasteiger partial charge in [0.2, 0.25) is 10.0 Å². The van der Waals surface area contributed by atoms with E-state index in [1.807, 2.05) is 6.92 Å². The van der Waals surface area contributed by atoms with Crippen molar-refractivity contribution in [3.05, 3.63) is 29.8 Å². The van der Waals surface area contributed by atoms with E-state index in [4.69, 9.17) is 0 Å². The first-order valence-corrected chi connectivity index (χ1v) is 8.48. The summed E-state index contributed by atoms with van der Waals surface area (Å²) >= 11 is 0. The Labute approximate surface area is 140 Å².